The quantitative estimate of drug-likeness (QED) is 0.827. The summed E-state index contributed by atoms with van der Waals surface area (Å²) in [4.78, 5) is 12.7. The van der Waals surface area contributed by atoms with E-state index < -0.39 is 0 Å². The third-order valence-corrected chi connectivity index (χ3v) is 4.18. The van der Waals surface area contributed by atoms with Crippen molar-refractivity contribution in [2.45, 2.75) is 32.1 Å². The number of benzene rings is 2. The molecule has 1 aliphatic rings. The zero-order valence-electron chi connectivity index (χ0n) is 12.8. The minimum Gasteiger partial charge on any atom is -0.384 e. The summed E-state index contributed by atoms with van der Waals surface area (Å²) in [5.74, 6) is 0.134. The highest BCUT2D eigenvalue weighted by Gasteiger charge is 2.28. The van der Waals surface area contributed by atoms with Gasteiger partial charge in [0.25, 0.3) is 0 Å². The molecule has 0 saturated carbocycles. The van der Waals surface area contributed by atoms with Crippen LogP contribution in [0.15, 0.2) is 48.5 Å². The number of ketones is 1. The largest absolute Gasteiger partial charge is 0.384 e. The molecule has 21 heavy (non-hydrogen) atoms. The highest BCUT2D eigenvalue weighted by Crippen LogP contribution is 2.33. The lowest BCUT2D eigenvalue weighted by Gasteiger charge is -2.19. The predicted molar refractivity (Wildman–Crippen MR) is 87.1 cm³/mol. The Hall–Kier alpha value is -2.09. The summed E-state index contributed by atoms with van der Waals surface area (Å²) in [6.45, 7) is 7.24. The monoisotopic (exact) mass is 279 g/mol. The van der Waals surface area contributed by atoms with Crippen molar-refractivity contribution in [1.29, 1.82) is 0 Å². The fourth-order valence-electron chi connectivity index (χ4n) is 2.85. The predicted octanol–water partition coefficient (Wildman–Crippen LogP) is 4.38. The summed E-state index contributed by atoms with van der Waals surface area (Å²) in [5, 5.41) is 3.32. The topological polar surface area (TPSA) is 29.1 Å². The third-order valence-electron chi connectivity index (χ3n) is 4.18. The minimum absolute atomic E-state index is 0.0679. The molecule has 0 amide bonds. The summed E-state index contributed by atoms with van der Waals surface area (Å²) in [7, 11) is 0. The van der Waals surface area contributed by atoms with Crippen LogP contribution in [0.2, 0.25) is 0 Å². The molecular formula is C19H21NO. The van der Waals surface area contributed by atoms with Gasteiger partial charge in [0.1, 0.15) is 0 Å². The van der Waals surface area contributed by atoms with Gasteiger partial charge in [0.2, 0.25) is 0 Å². The number of hydrogen-bond acceptors (Lipinski definition) is 2. The SMILES string of the molecule is CC(C)(C)c1ccc(C(=O)C2CNc3ccccc32)cc1. The molecular weight excluding hydrogens is 258 g/mol. The number of para-hydroxylation sites is 1. The van der Waals surface area contributed by atoms with E-state index in [-0.39, 0.29) is 17.1 Å². The second kappa shape index (κ2) is 5.03. The van der Waals surface area contributed by atoms with Gasteiger partial charge < -0.3 is 5.32 Å². The number of fused-ring (bicyclic) bond motifs is 1. The first-order valence-electron chi connectivity index (χ1n) is 7.44. The Morgan fingerprint density at radius 1 is 1.05 bits per heavy atom. The molecule has 2 nitrogen and oxygen atoms in total. The number of Topliss-reactive ketones (excluding diaryl/α,β-unsaturated/α-hetero) is 1. The summed E-state index contributed by atoms with van der Waals surface area (Å²) >= 11 is 0. The van der Waals surface area contributed by atoms with Crippen molar-refractivity contribution >= 4 is 11.5 Å². The Kier molecular flexibility index (Phi) is 3.32. The van der Waals surface area contributed by atoms with Gasteiger partial charge in [-0.15, -0.1) is 0 Å². The lowest BCUT2D eigenvalue weighted by atomic mass is 9.85. The van der Waals surface area contributed by atoms with Crippen molar-refractivity contribution in [2.75, 3.05) is 11.9 Å². The van der Waals surface area contributed by atoms with Gasteiger partial charge in [-0.25, -0.2) is 0 Å². The first kappa shape index (κ1) is 13.9. The minimum atomic E-state index is -0.0679. The van der Waals surface area contributed by atoms with E-state index in [4.69, 9.17) is 0 Å². The van der Waals surface area contributed by atoms with E-state index in [0.29, 0.717) is 6.54 Å². The molecule has 2 aromatic rings. The van der Waals surface area contributed by atoms with Gasteiger partial charge in [-0.05, 0) is 22.6 Å². The van der Waals surface area contributed by atoms with Crippen LogP contribution in [-0.4, -0.2) is 12.3 Å². The maximum absolute atomic E-state index is 12.7. The molecule has 1 unspecified atom stereocenters. The van der Waals surface area contributed by atoms with E-state index in [1.807, 2.05) is 36.4 Å². The fourth-order valence-corrected chi connectivity index (χ4v) is 2.85. The van der Waals surface area contributed by atoms with Crippen LogP contribution in [0.3, 0.4) is 0 Å². The van der Waals surface area contributed by atoms with Crippen LogP contribution in [0.4, 0.5) is 5.69 Å². The Labute approximate surface area is 126 Å². The average molecular weight is 279 g/mol. The summed E-state index contributed by atoms with van der Waals surface area (Å²) < 4.78 is 0. The zero-order valence-corrected chi connectivity index (χ0v) is 12.8. The van der Waals surface area contributed by atoms with Crippen LogP contribution in [-0.2, 0) is 5.41 Å². The molecule has 2 aromatic carbocycles. The zero-order chi connectivity index (χ0) is 15.0. The molecule has 0 fully saturated rings. The molecule has 108 valence electrons. The van der Waals surface area contributed by atoms with Crippen LogP contribution in [0, 0.1) is 0 Å². The second-order valence-electron chi connectivity index (χ2n) is 6.71. The molecule has 0 saturated heterocycles. The van der Waals surface area contributed by atoms with Crippen molar-refractivity contribution in [3.8, 4) is 0 Å². The van der Waals surface area contributed by atoms with Crippen LogP contribution in [0.5, 0.6) is 0 Å². The Morgan fingerprint density at radius 3 is 2.38 bits per heavy atom. The molecule has 1 N–H and O–H groups in total. The summed E-state index contributed by atoms with van der Waals surface area (Å²) in [6.07, 6.45) is 0. The van der Waals surface area contributed by atoms with Gasteiger partial charge in [0.05, 0.1) is 5.92 Å². The van der Waals surface area contributed by atoms with E-state index in [2.05, 4.69) is 38.2 Å². The normalized spacial score (nSPS) is 17.2. The molecule has 2 heteroatoms. The van der Waals surface area contributed by atoms with Gasteiger partial charge in [-0.2, -0.15) is 0 Å². The number of nitrogens with one attached hydrogen (secondary N) is 1. The number of rotatable bonds is 2. The standard InChI is InChI=1S/C19H21NO/c1-19(2,3)14-10-8-13(9-11-14)18(21)16-12-20-17-7-5-4-6-15(16)17/h4-11,16,20H,12H2,1-3H3. The van der Waals surface area contributed by atoms with Crippen LogP contribution in [0.1, 0.15) is 48.2 Å². The molecule has 0 aliphatic carbocycles. The molecule has 0 bridgehead atoms. The van der Waals surface area contributed by atoms with Gasteiger partial charge in [-0.1, -0.05) is 63.2 Å². The third kappa shape index (κ3) is 2.58. The summed E-state index contributed by atoms with van der Waals surface area (Å²) in [6, 6.07) is 16.1. The van der Waals surface area contributed by atoms with Gasteiger partial charge in [0, 0.05) is 17.8 Å². The number of hydrogen-bond donors (Lipinski definition) is 1. The molecule has 0 aromatic heterocycles. The maximum Gasteiger partial charge on any atom is 0.172 e. The highest BCUT2D eigenvalue weighted by molar-refractivity contribution is 6.03. The van der Waals surface area contributed by atoms with Gasteiger partial charge >= 0.3 is 0 Å². The van der Waals surface area contributed by atoms with E-state index in [9.17, 15) is 4.79 Å². The Bertz CT molecular complexity index is 665. The number of carbonyl (C=O) groups excluding carboxylic acids is 1. The first-order chi connectivity index (χ1) is 9.97. The van der Waals surface area contributed by atoms with Gasteiger partial charge in [-0.3, -0.25) is 4.79 Å². The second-order valence-corrected chi connectivity index (χ2v) is 6.71. The van der Waals surface area contributed by atoms with Crippen molar-refractivity contribution in [3.63, 3.8) is 0 Å². The number of anilines is 1. The number of carbonyl (C=O) groups is 1. The molecule has 1 heterocycles. The molecule has 3 rings (SSSR count). The van der Waals surface area contributed by atoms with E-state index >= 15 is 0 Å². The van der Waals surface area contributed by atoms with Gasteiger partial charge in [0.15, 0.2) is 5.78 Å². The van der Waals surface area contributed by atoms with E-state index in [1.54, 1.807) is 0 Å². The Balaban J connectivity index is 1.87. The maximum atomic E-state index is 12.7. The first-order valence-corrected chi connectivity index (χ1v) is 7.44. The van der Waals surface area contributed by atoms with Crippen LogP contribution >= 0.6 is 0 Å². The molecule has 1 atom stereocenters. The molecule has 0 radical (unpaired) electrons. The van der Waals surface area contributed by atoms with Crippen molar-refractivity contribution in [1.82, 2.24) is 0 Å². The van der Waals surface area contributed by atoms with Crippen LogP contribution in [0.25, 0.3) is 0 Å². The lowest BCUT2D eigenvalue weighted by Crippen LogP contribution is -2.16. The smallest absolute Gasteiger partial charge is 0.172 e. The average Bonchev–Trinajstić information content (AvgIpc) is 2.90. The lowest BCUT2D eigenvalue weighted by molar-refractivity contribution is 0.0966. The van der Waals surface area contributed by atoms with Crippen molar-refractivity contribution in [3.05, 3.63) is 65.2 Å². The van der Waals surface area contributed by atoms with E-state index in [0.717, 1.165) is 16.8 Å². The van der Waals surface area contributed by atoms with Crippen molar-refractivity contribution in [2.24, 2.45) is 0 Å². The van der Waals surface area contributed by atoms with Crippen molar-refractivity contribution < 1.29 is 4.79 Å². The Morgan fingerprint density at radius 2 is 1.71 bits per heavy atom. The fraction of sp³-hybridized carbons (Fsp3) is 0.316. The molecule has 1 aliphatic heterocycles. The highest BCUT2D eigenvalue weighted by atomic mass is 16.1. The molecule has 0 spiro atoms. The van der Waals surface area contributed by atoms with Crippen LogP contribution < -0.4 is 5.32 Å². The summed E-state index contributed by atoms with van der Waals surface area (Å²) in [5.41, 5.74) is 4.36. The van der Waals surface area contributed by atoms with E-state index in [1.165, 1.54) is 5.56 Å².